The average molecular weight is 386 g/mol. The number of rotatable bonds is 3. The van der Waals surface area contributed by atoms with Gasteiger partial charge in [-0.25, -0.2) is 4.98 Å². The number of benzene rings is 1. The lowest BCUT2D eigenvalue weighted by atomic mass is 10.1. The maximum atomic E-state index is 10.5. The van der Waals surface area contributed by atoms with E-state index >= 15 is 0 Å². The normalized spacial score (nSPS) is 30.4. The Morgan fingerprint density at radius 3 is 2.48 bits per heavy atom. The number of aliphatic hydroxyl groups is 2. The molecule has 0 amide bonds. The van der Waals surface area contributed by atoms with E-state index in [0.717, 1.165) is 12.8 Å². The first-order chi connectivity index (χ1) is 12.0. The van der Waals surface area contributed by atoms with Gasteiger partial charge in [-0.1, -0.05) is 36.0 Å². The highest BCUT2D eigenvalue weighted by Gasteiger charge is 2.43. The van der Waals surface area contributed by atoms with Gasteiger partial charge in [0.05, 0.1) is 27.2 Å². The van der Waals surface area contributed by atoms with Crippen LogP contribution in [0.3, 0.4) is 0 Å². The molecule has 1 aliphatic carbocycles. The molecule has 1 aromatic carbocycles. The minimum atomic E-state index is -1.05. The fourth-order valence-corrected chi connectivity index (χ4v) is 4.06. The van der Waals surface area contributed by atoms with Crippen molar-refractivity contribution < 1.29 is 14.9 Å². The van der Waals surface area contributed by atoms with Crippen molar-refractivity contribution in [3.05, 3.63) is 22.2 Å². The van der Waals surface area contributed by atoms with Crippen molar-refractivity contribution in [2.45, 2.75) is 63.2 Å². The van der Waals surface area contributed by atoms with Gasteiger partial charge in [0.1, 0.15) is 12.2 Å². The zero-order chi connectivity index (χ0) is 17.7. The highest BCUT2D eigenvalue weighted by molar-refractivity contribution is 6.42. The summed E-state index contributed by atoms with van der Waals surface area (Å²) in [5, 5.41) is 24.9. The van der Waals surface area contributed by atoms with Gasteiger partial charge < -0.3 is 20.3 Å². The molecule has 2 heterocycles. The predicted octanol–water partition coefficient (Wildman–Crippen LogP) is 3.34. The SMILES string of the molecule is C[C@@H]1O[C@H](n2c(NC3CCCC3)nc3cc(Cl)c(Cl)cc32)[C@@H](O)[C@H]1O. The lowest BCUT2D eigenvalue weighted by Gasteiger charge is -2.22. The molecule has 1 aromatic heterocycles. The van der Waals surface area contributed by atoms with Crippen LogP contribution in [-0.4, -0.2) is 44.1 Å². The van der Waals surface area contributed by atoms with Gasteiger partial charge >= 0.3 is 0 Å². The third-order valence-corrected chi connectivity index (χ3v) is 5.87. The van der Waals surface area contributed by atoms with Crippen molar-refractivity contribution in [1.82, 2.24) is 9.55 Å². The Balaban J connectivity index is 1.82. The summed E-state index contributed by atoms with van der Waals surface area (Å²) in [4.78, 5) is 4.64. The number of ether oxygens (including phenoxy) is 1. The van der Waals surface area contributed by atoms with Gasteiger partial charge in [-0.3, -0.25) is 4.57 Å². The van der Waals surface area contributed by atoms with Gasteiger partial charge in [0.25, 0.3) is 0 Å². The van der Waals surface area contributed by atoms with Crippen LogP contribution in [0.5, 0.6) is 0 Å². The Morgan fingerprint density at radius 2 is 1.84 bits per heavy atom. The summed E-state index contributed by atoms with van der Waals surface area (Å²) in [5.74, 6) is 0.602. The first-order valence-electron chi connectivity index (χ1n) is 8.61. The monoisotopic (exact) mass is 385 g/mol. The van der Waals surface area contributed by atoms with E-state index in [-0.39, 0.29) is 0 Å². The third kappa shape index (κ3) is 3.00. The molecule has 3 N–H and O–H groups in total. The number of anilines is 1. The van der Waals surface area contributed by atoms with Crippen LogP contribution in [-0.2, 0) is 4.74 Å². The van der Waals surface area contributed by atoms with Crippen molar-refractivity contribution in [3.63, 3.8) is 0 Å². The van der Waals surface area contributed by atoms with Crippen LogP contribution in [0.2, 0.25) is 10.0 Å². The lowest BCUT2D eigenvalue weighted by molar-refractivity contribution is -0.0284. The Kier molecular flexibility index (Phi) is 4.58. The van der Waals surface area contributed by atoms with Crippen LogP contribution >= 0.6 is 23.2 Å². The van der Waals surface area contributed by atoms with E-state index in [0.29, 0.717) is 33.1 Å². The Hall–Kier alpha value is -1.05. The highest BCUT2D eigenvalue weighted by atomic mass is 35.5. The number of hydrogen-bond donors (Lipinski definition) is 3. The molecule has 1 saturated heterocycles. The average Bonchev–Trinajstić information content (AvgIpc) is 3.25. The summed E-state index contributed by atoms with van der Waals surface area (Å²) in [6.45, 7) is 1.74. The number of imidazole rings is 1. The molecular weight excluding hydrogens is 365 g/mol. The zero-order valence-electron chi connectivity index (χ0n) is 13.8. The summed E-state index contributed by atoms with van der Waals surface area (Å²) in [6.07, 6.45) is 1.32. The van der Waals surface area contributed by atoms with Crippen molar-refractivity contribution in [1.29, 1.82) is 0 Å². The maximum absolute atomic E-state index is 10.5. The largest absolute Gasteiger partial charge is 0.388 e. The number of halogens is 2. The molecule has 1 saturated carbocycles. The highest BCUT2D eigenvalue weighted by Crippen LogP contribution is 2.38. The van der Waals surface area contributed by atoms with Crippen molar-refractivity contribution in [2.75, 3.05) is 5.32 Å². The number of aromatic nitrogens is 2. The quantitative estimate of drug-likeness (QED) is 0.754. The smallest absolute Gasteiger partial charge is 0.206 e. The van der Waals surface area contributed by atoms with Gasteiger partial charge in [0.15, 0.2) is 6.23 Å². The van der Waals surface area contributed by atoms with E-state index in [1.807, 2.05) is 0 Å². The topological polar surface area (TPSA) is 79.5 Å². The van der Waals surface area contributed by atoms with Gasteiger partial charge in [-0.05, 0) is 31.9 Å². The van der Waals surface area contributed by atoms with Gasteiger partial charge in [-0.2, -0.15) is 0 Å². The summed E-state index contributed by atoms with van der Waals surface area (Å²) in [7, 11) is 0. The van der Waals surface area contributed by atoms with E-state index in [1.165, 1.54) is 12.8 Å². The predicted molar refractivity (Wildman–Crippen MR) is 97.2 cm³/mol. The molecule has 4 rings (SSSR count). The summed E-state index contributed by atoms with van der Waals surface area (Å²) < 4.78 is 7.61. The number of fused-ring (bicyclic) bond motifs is 1. The molecule has 0 bridgehead atoms. The number of nitrogens with zero attached hydrogens (tertiary/aromatic N) is 2. The Bertz CT molecular complexity index is 791. The second-order valence-corrected chi connectivity index (χ2v) is 7.71. The molecule has 4 atom stereocenters. The molecule has 6 nitrogen and oxygen atoms in total. The van der Waals surface area contributed by atoms with Gasteiger partial charge in [0.2, 0.25) is 5.95 Å². The van der Waals surface area contributed by atoms with Crippen LogP contribution in [0.4, 0.5) is 5.95 Å². The molecule has 136 valence electrons. The van der Waals surface area contributed by atoms with Gasteiger partial charge in [0, 0.05) is 6.04 Å². The van der Waals surface area contributed by atoms with E-state index in [4.69, 9.17) is 27.9 Å². The van der Waals surface area contributed by atoms with Crippen LogP contribution < -0.4 is 5.32 Å². The molecule has 2 fully saturated rings. The van der Waals surface area contributed by atoms with Crippen molar-refractivity contribution in [3.8, 4) is 0 Å². The lowest BCUT2D eigenvalue weighted by Crippen LogP contribution is -2.31. The van der Waals surface area contributed by atoms with Gasteiger partial charge in [-0.15, -0.1) is 0 Å². The van der Waals surface area contributed by atoms with E-state index in [2.05, 4.69) is 10.3 Å². The standard InChI is InChI=1S/C17H21Cl2N3O3/c1-8-14(23)15(24)16(25-8)22-13-7-11(19)10(18)6-12(13)21-17(22)20-9-4-2-3-5-9/h6-9,14-16,23-24H,2-5H2,1H3,(H,20,21)/t8-,14-,15-,16-/m0/s1. The molecule has 8 heteroatoms. The van der Waals surface area contributed by atoms with Crippen LogP contribution in [0.25, 0.3) is 11.0 Å². The molecule has 0 radical (unpaired) electrons. The number of hydrogen-bond acceptors (Lipinski definition) is 5. The van der Waals surface area contributed by atoms with Crippen LogP contribution in [0.15, 0.2) is 12.1 Å². The maximum Gasteiger partial charge on any atom is 0.206 e. The van der Waals surface area contributed by atoms with E-state index in [1.54, 1.807) is 23.6 Å². The molecular formula is C17H21Cl2N3O3. The van der Waals surface area contributed by atoms with Crippen molar-refractivity contribution in [2.24, 2.45) is 0 Å². The molecule has 25 heavy (non-hydrogen) atoms. The second kappa shape index (κ2) is 6.59. The first-order valence-corrected chi connectivity index (χ1v) is 9.36. The number of aliphatic hydroxyl groups excluding tert-OH is 2. The zero-order valence-corrected chi connectivity index (χ0v) is 15.3. The fraction of sp³-hybridized carbons (Fsp3) is 0.588. The number of nitrogens with one attached hydrogen (secondary N) is 1. The minimum Gasteiger partial charge on any atom is -0.388 e. The summed E-state index contributed by atoms with van der Waals surface area (Å²) in [5.41, 5.74) is 1.37. The van der Waals surface area contributed by atoms with Crippen LogP contribution in [0, 0.1) is 0 Å². The molecule has 1 aliphatic heterocycles. The third-order valence-electron chi connectivity index (χ3n) is 5.15. The van der Waals surface area contributed by atoms with E-state index < -0.39 is 24.5 Å². The van der Waals surface area contributed by atoms with E-state index in [9.17, 15) is 10.2 Å². The van der Waals surface area contributed by atoms with Crippen molar-refractivity contribution >= 4 is 40.2 Å². The molecule has 2 aromatic rings. The minimum absolute atomic E-state index is 0.336. The fourth-order valence-electron chi connectivity index (χ4n) is 3.74. The molecule has 2 aliphatic rings. The summed E-state index contributed by atoms with van der Waals surface area (Å²) in [6, 6.07) is 3.76. The summed E-state index contributed by atoms with van der Waals surface area (Å²) >= 11 is 12.3. The Labute approximate surface area is 155 Å². The second-order valence-electron chi connectivity index (χ2n) is 6.90. The first kappa shape index (κ1) is 17.4. The Morgan fingerprint density at radius 1 is 1.16 bits per heavy atom. The van der Waals surface area contributed by atoms with Crippen LogP contribution in [0.1, 0.15) is 38.8 Å². The molecule has 0 spiro atoms. The molecule has 0 unspecified atom stereocenters.